The molecule has 4 nitrogen and oxygen atoms in total. The summed E-state index contributed by atoms with van der Waals surface area (Å²) in [7, 11) is 3.91. The van der Waals surface area contributed by atoms with Crippen molar-refractivity contribution in [2.45, 2.75) is 38.6 Å². The van der Waals surface area contributed by atoms with E-state index in [0.29, 0.717) is 5.92 Å². The molecule has 1 saturated carbocycles. The molecule has 21 heavy (non-hydrogen) atoms. The molecule has 0 aromatic carbocycles. The maximum atomic E-state index is 12.7. The molecule has 3 rings (SSSR count). The zero-order chi connectivity index (χ0) is 15.0. The van der Waals surface area contributed by atoms with Crippen LogP contribution in [-0.2, 0) is 6.54 Å². The summed E-state index contributed by atoms with van der Waals surface area (Å²) in [5.41, 5.74) is 0.101. The minimum atomic E-state index is 0.101. The Hall–Kier alpha value is -0.880. The van der Waals surface area contributed by atoms with E-state index in [1.54, 1.807) is 0 Å². The molecule has 0 unspecified atom stereocenters. The second kappa shape index (κ2) is 6.08. The minimum absolute atomic E-state index is 0.101. The number of fused-ring (bicyclic) bond motifs is 1. The average molecular weight is 370 g/mol. The van der Waals surface area contributed by atoms with Crippen LogP contribution in [0.5, 0.6) is 0 Å². The van der Waals surface area contributed by atoms with Crippen LogP contribution in [0.3, 0.4) is 0 Å². The third kappa shape index (κ3) is 2.88. The fraction of sp³-hybridized carbons (Fsp3) is 0.600. The van der Waals surface area contributed by atoms with E-state index in [-0.39, 0.29) is 5.56 Å². The maximum absolute atomic E-state index is 12.7. The molecule has 0 N–H and O–H groups in total. The second-order valence-electron chi connectivity index (χ2n) is 6.04. The zero-order valence-electron chi connectivity index (χ0n) is 12.4. The lowest BCUT2D eigenvalue weighted by Gasteiger charge is -2.22. The minimum Gasteiger partial charge on any atom is -0.361 e. The van der Waals surface area contributed by atoms with Crippen molar-refractivity contribution in [1.29, 1.82) is 0 Å². The third-order valence-corrected chi connectivity index (χ3v) is 5.67. The first-order valence-electron chi connectivity index (χ1n) is 7.43. The van der Waals surface area contributed by atoms with E-state index < -0.39 is 0 Å². The van der Waals surface area contributed by atoms with Crippen LogP contribution < -0.4 is 10.5 Å². The summed E-state index contributed by atoms with van der Waals surface area (Å²) in [4.78, 5) is 14.6. The highest BCUT2D eigenvalue weighted by atomic mass is 79.9. The van der Waals surface area contributed by atoms with Crippen molar-refractivity contribution in [3.05, 3.63) is 21.0 Å². The Morgan fingerprint density at radius 2 is 2.10 bits per heavy atom. The summed E-state index contributed by atoms with van der Waals surface area (Å²) >= 11 is 4.93. The standard InChI is InChI=1S/C15H20BrN3OS/c1-18(2)14-12-11(16)9-19(15(20)13(12)21-17-14)8-10-6-4-3-5-7-10/h9-10H,3-8H2,1-2H3. The van der Waals surface area contributed by atoms with Crippen molar-refractivity contribution in [3.8, 4) is 0 Å². The Morgan fingerprint density at radius 1 is 1.38 bits per heavy atom. The average Bonchev–Trinajstić information content (AvgIpc) is 2.91. The van der Waals surface area contributed by atoms with Crippen molar-refractivity contribution in [2.24, 2.45) is 5.92 Å². The number of hydrogen-bond acceptors (Lipinski definition) is 4. The SMILES string of the molecule is CN(C)c1nsc2c(=O)n(CC3CCCCC3)cc(Br)c12. The largest absolute Gasteiger partial charge is 0.361 e. The summed E-state index contributed by atoms with van der Waals surface area (Å²) in [6, 6.07) is 0. The molecule has 0 aliphatic heterocycles. The number of halogens is 1. The van der Waals surface area contributed by atoms with Crippen LogP contribution in [0.4, 0.5) is 5.82 Å². The lowest BCUT2D eigenvalue weighted by Crippen LogP contribution is -2.24. The number of anilines is 1. The molecule has 0 radical (unpaired) electrons. The van der Waals surface area contributed by atoms with Crippen molar-refractivity contribution in [1.82, 2.24) is 8.94 Å². The molecule has 0 bridgehead atoms. The lowest BCUT2D eigenvalue weighted by atomic mass is 9.89. The summed E-state index contributed by atoms with van der Waals surface area (Å²) in [5.74, 6) is 1.51. The smallest absolute Gasteiger partial charge is 0.270 e. The maximum Gasteiger partial charge on any atom is 0.270 e. The quantitative estimate of drug-likeness (QED) is 0.823. The Balaban J connectivity index is 2.01. The van der Waals surface area contributed by atoms with Crippen LogP contribution >= 0.6 is 27.5 Å². The highest BCUT2D eigenvalue weighted by molar-refractivity contribution is 9.10. The molecular formula is C15H20BrN3OS. The van der Waals surface area contributed by atoms with Gasteiger partial charge in [-0.25, -0.2) is 0 Å². The molecule has 0 amide bonds. The van der Waals surface area contributed by atoms with E-state index in [9.17, 15) is 4.79 Å². The molecule has 0 atom stereocenters. The van der Waals surface area contributed by atoms with Crippen LogP contribution in [0.25, 0.3) is 10.1 Å². The third-order valence-electron chi connectivity index (χ3n) is 4.24. The van der Waals surface area contributed by atoms with Gasteiger partial charge in [-0.15, -0.1) is 0 Å². The number of hydrogen-bond donors (Lipinski definition) is 0. The summed E-state index contributed by atoms with van der Waals surface area (Å²) < 4.78 is 8.02. The monoisotopic (exact) mass is 369 g/mol. The van der Waals surface area contributed by atoms with Gasteiger partial charge in [0.2, 0.25) is 0 Å². The fourth-order valence-electron chi connectivity index (χ4n) is 3.12. The molecule has 6 heteroatoms. The number of aromatic nitrogens is 2. The van der Waals surface area contributed by atoms with Crippen molar-refractivity contribution >= 4 is 43.4 Å². The topological polar surface area (TPSA) is 38.1 Å². The van der Waals surface area contributed by atoms with Crippen LogP contribution in [0, 0.1) is 5.92 Å². The first-order chi connectivity index (χ1) is 10.1. The molecule has 1 aliphatic rings. The van der Waals surface area contributed by atoms with Gasteiger partial charge < -0.3 is 9.47 Å². The van der Waals surface area contributed by atoms with E-state index in [2.05, 4.69) is 20.3 Å². The van der Waals surface area contributed by atoms with Gasteiger partial charge in [0.1, 0.15) is 4.70 Å². The van der Waals surface area contributed by atoms with Crippen LogP contribution in [0.1, 0.15) is 32.1 Å². The molecular weight excluding hydrogens is 350 g/mol. The predicted molar refractivity (Wildman–Crippen MR) is 92.5 cm³/mol. The van der Waals surface area contributed by atoms with Gasteiger partial charge in [0.15, 0.2) is 5.82 Å². The summed E-state index contributed by atoms with van der Waals surface area (Å²) in [5, 5.41) is 0.940. The molecule has 2 heterocycles. The Bertz CT molecular complexity index is 701. The number of rotatable bonds is 3. The molecule has 0 spiro atoms. The van der Waals surface area contributed by atoms with Crippen LogP contribution in [0.15, 0.2) is 15.5 Å². The highest BCUT2D eigenvalue weighted by Crippen LogP contribution is 2.33. The van der Waals surface area contributed by atoms with Crippen molar-refractivity contribution in [3.63, 3.8) is 0 Å². The molecule has 0 saturated heterocycles. The summed E-state index contributed by atoms with van der Waals surface area (Å²) in [6.07, 6.45) is 8.37. The normalized spacial score (nSPS) is 16.5. The molecule has 1 aliphatic carbocycles. The van der Waals surface area contributed by atoms with Gasteiger partial charge in [-0.3, -0.25) is 4.79 Å². The van der Waals surface area contributed by atoms with E-state index in [1.807, 2.05) is 29.8 Å². The van der Waals surface area contributed by atoms with Gasteiger partial charge in [-0.1, -0.05) is 19.3 Å². The van der Waals surface area contributed by atoms with Gasteiger partial charge >= 0.3 is 0 Å². The van der Waals surface area contributed by atoms with Gasteiger partial charge in [0.05, 0.1) is 5.39 Å². The van der Waals surface area contributed by atoms with E-state index in [0.717, 1.165) is 26.9 Å². The van der Waals surface area contributed by atoms with E-state index >= 15 is 0 Å². The molecule has 114 valence electrons. The Morgan fingerprint density at radius 3 is 2.76 bits per heavy atom. The predicted octanol–water partition coefficient (Wildman–Crippen LogP) is 3.87. The number of nitrogens with zero attached hydrogens (tertiary/aromatic N) is 3. The lowest BCUT2D eigenvalue weighted by molar-refractivity contribution is 0.316. The zero-order valence-corrected chi connectivity index (χ0v) is 14.8. The molecule has 2 aromatic heterocycles. The van der Waals surface area contributed by atoms with Gasteiger partial charge in [-0.2, -0.15) is 4.37 Å². The van der Waals surface area contributed by atoms with Crippen molar-refractivity contribution in [2.75, 3.05) is 19.0 Å². The van der Waals surface area contributed by atoms with Gasteiger partial charge in [0.25, 0.3) is 5.56 Å². The first-order valence-corrected chi connectivity index (χ1v) is 9.00. The second-order valence-corrected chi connectivity index (χ2v) is 7.67. The highest BCUT2D eigenvalue weighted by Gasteiger charge is 2.19. The fourth-order valence-corrected chi connectivity index (χ4v) is 4.80. The van der Waals surface area contributed by atoms with Crippen LogP contribution in [0.2, 0.25) is 0 Å². The number of pyridine rings is 1. The molecule has 1 fully saturated rings. The van der Waals surface area contributed by atoms with Gasteiger partial charge in [-0.05, 0) is 46.2 Å². The van der Waals surface area contributed by atoms with Crippen molar-refractivity contribution < 1.29 is 0 Å². The summed E-state index contributed by atoms with van der Waals surface area (Å²) in [6.45, 7) is 0.836. The molecule has 2 aromatic rings. The van der Waals surface area contributed by atoms with Gasteiger partial charge in [0, 0.05) is 31.3 Å². The van der Waals surface area contributed by atoms with Crippen LogP contribution in [-0.4, -0.2) is 23.0 Å². The Kier molecular flexibility index (Phi) is 4.36. The van der Waals surface area contributed by atoms with E-state index in [4.69, 9.17) is 0 Å². The Labute approximate surface area is 137 Å². The first kappa shape index (κ1) is 15.0. The van der Waals surface area contributed by atoms with E-state index in [1.165, 1.54) is 43.6 Å².